The summed E-state index contributed by atoms with van der Waals surface area (Å²) in [5, 5.41) is 12.5. The lowest BCUT2D eigenvalue weighted by atomic mass is 9.86. The highest BCUT2D eigenvalue weighted by atomic mass is 35.5. The third kappa shape index (κ3) is 8.26. The van der Waals surface area contributed by atoms with Crippen LogP contribution in [0.2, 0.25) is 5.02 Å². The van der Waals surface area contributed by atoms with Crippen LogP contribution in [0.4, 0.5) is 0 Å². The number of ether oxygens (including phenoxy) is 7. The molecule has 238 valence electrons. The molecule has 0 radical (unpaired) electrons. The van der Waals surface area contributed by atoms with E-state index in [0.717, 1.165) is 39.7 Å². The second kappa shape index (κ2) is 14.4. The first kappa shape index (κ1) is 33.2. The van der Waals surface area contributed by atoms with E-state index in [2.05, 4.69) is 0 Å². The topological polar surface area (TPSA) is 153 Å². The van der Waals surface area contributed by atoms with Crippen molar-refractivity contribution in [3.05, 3.63) is 64.2 Å². The van der Waals surface area contributed by atoms with Crippen molar-refractivity contribution in [3.8, 4) is 5.75 Å². The highest BCUT2D eigenvalue weighted by Crippen LogP contribution is 2.42. The van der Waals surface area contributed by atoms with Gasteiger partial charge in [-0.3, -0.25) is 19.2 Å². The standard InChI is InChI=1S/C31H35ClO12/c1-17(33)39-16-27-28(40-18(2)34)29(41-19(3)35)30(42-20(4)36)31(37,44-27)23-7-10-26(32)22(14-23)13-21-5-8-24(9-6-21)43-25-11-12-38-15-25/h5-10,14,25,27-30,37H,11-13,15-16H2,1-4H3/t25-,27-,28-,29+,30-,31+/m1/s1. The van der Waals surface area contributed by atoms with Crippen LogP contribution in [0.3, 0.4) is 0 Å². The maximum Gasteiger partial charge on any atom is 0.303 e. The van der Waals surface area contributed by atoms with Gasteiger partial charge in [0.15, 0.2) is 12.2 Å². The summed E-state index contributed by atoms with van der Waals surface area (Å²) in [6, 6.07) is 12.0. The third-order valence-corrected chi connectivity index (χ3v) is 7.39. The van der Waals surface area contributed by atoms with E-state index in [9.17, 15) is 24.3 Å². The van der Waals surface area contributed by atoms with Crippen LogP contribution in [0.5, 0.6) is 5.75 Å². The molecule has 2 aliphatic heterocycles. The van der Waals surface area contributed by atoms with Crippen molar-refractivity contribution in [3.63, 3.8) is 0 Å². The normalized spacial score (nSPS) is 26.4. The largest absolute Gasteiger partial charge is 0.488 e. The summed E-state index contributed by atoms with van der Waals surface area (Å²) in [5.41, 5.74) is 1.56. The molecule has 0 bridgehead atoms. The van der Waals surface area contributed by atoms with Gasteiger partial charge in [0, 0.05) is 44.7 Å². The number of hydrogen-bond acceptors (Lipinski definition) is 12. The predicted octanol–water partition coefficient (Wildman–Crippen LogP) is 3.00. The van der Waals surface area contributed by atoms with Crippen molar-refractivity contribution in [2.24, 2.45) is 0 Å². The highest BCUT2D eigenvalue weighted by molar-refractivity contribution is 6.31. The Hall–Kier alpha value is -3.71. The van der Waals surface area contributed by atoms with Crippen molar-refractivity contribution in [2.75, 3.05) is 19.8 Å². The van der Waals surface area contributed by atoms with Gasteiger partial charge in [0.1, 0.15) is 24.6 Å². The maximum atomic E-state index is 12.2. The Morgan fingerprint density at radius 2 is 1.57 bits per heavy atom. The van der Waals surface area contributed by atoms with Crippen LogP contribution in [-0.4, -0.2) is 79.3 Å². The van der Waals surface area contributed by atoms with Crippen LogP contribution in [0, 0.1) is 0 Å². The molecule has 0 spiro atoms. The Kier molecular flexibility index (Phi) is 10.8. The van der Waals surface area contributed by atoms with Crippen molar-refractivity contribution in [2.45, 2.75) is 76.8 Å². The number of rotatable bonds is 10. The number of carbonyl (C=O) groups is 4. The molecule has 0 unspecified atom stereocenters. The summed E-state index contributed by atoms with van der Waals surface area (Å²) in [6.45, 7) is 5.20. The van der Waals surface area contributed by atoms with Gasteiger partial charge in [0.05, 0.1) is 13.2 Å². The average Bonchev–Trinajstić information content (AvgIpc) is 3.46. The molecule has 2 aromatic rings. The molecule has 12 nitrogen and oxygen atoms in total. The first-order chi connectivity index (χ1) is 20.9. The second-order valence-electron chi connectivity index (χ2n) is 10.6. The van der Waals surface area contributed by atoms with Crippen LogP contribution in [0.25, 0.3) is 0 Å². The van der Waals surface area contributed by atoms with Gasteiger partial charge in [-0.15, -0.1) is 0 Å². The number of aliphatic hydroxyl groups is 1. The summed E-state index contributed by atoms with van der Waals surface area (Å²) in [7, 11) is 0. The molecule has 0 amide bonds. The monoisotopic (exact) mass is 634 g/mol. The molecule has 0 aromatic heterocycles. The number of hydrogen-bond donors (Lipinski definition) is 1. The zero-order valence-corrected chi connectivity index (χ0v) is 25.5. The van der Waals surface area contributed by atoms with Crippen molar-refractivity contribution in [1.82, 2.24) is 0 Å². The van der Waals surface area contributed by atoms with Gasteiger partial charge < -0.3 is 38.3 Å². The number of carbonyl (C=O) groups excluding carboxylic acids is 4. The van der Waals surface area contributed by atoms with Crippen LogP contribution in [0.1, 0.15) is 50.8 Å². The molecule has 6 atom stereocenters. The Morgan fingerprint density at radius 3 is 2.16 bits per heavy atom. The molecule has 1 N–H and O–H groups in total. The van der Waals surface area contributed by atoms with Gasteiger partial charge in [-0.25, -0.2) is 0 Å². The van der Waals surface area contributed by atoms with E-state index in [1.807, 2.05) is 24.3 Å². The fraction of sp³-hybridized carbons (Fsp3) is 0.484. The fourth-order valence-corrected chi connectivity index (χ4v) is 5.33. The Balaban J connectivity index is 1.70. The summed E-state index contributed by atoms with van der Waals surface area (Å²) in [4.78, 5) is 48.1. The summed E-state index contributed by atoms with van der Waals surface area (Å²) < 4.78 is 38.8. The molecule has 2 fully saturated rings. The molecule has 0 aliphatic carbocycles. The summed E-state index contributed by atoms with van der Waals surface area (Å²) >= 11 is 6.56. The quantitative estimate of drug-likeness (QED) is 0.302. The highest BCUT2D eigenvalue weighted by Gasteiger charge is 2.60. The smallest absolute Gasteiger partial charge is 0.303 e. The molecular weight excluding hydrogens is 600 g/mol. The molecule has 4 rings (SSSR count). The van der Waals surface area contributed by atoms with Crippen molar-refractivity contribution in [1.29, 1.82) is 0 Å². The van der Waals surface area contributed by atoms with Crippen LogP contribution in [0.15, 0.2) is 42.5 Å². The minimum atomic E-state index is -2.46. The molecule has 2 saturated heterocycles. The van der Waals surface area contributed by atoms with E-state index < -0.39 is 60.7 Å². The van der Waals surface area contributed by atoms with Gasteiger partial charge in [-0.1, -0.05) is 29.8 Å². The third-order valence-electron chi connectivity index (χ3n) is 7.02. The first-order valence-corrected chi connectivity index (χ1v) is 14.4. The number of halogens is 1. The SMILES string of the molecule is CC(=O)OC[C@H]1O[C@@](O)(c2ccc(Cl)c(Cc3ccc(O[C@@H]4CCOC4)cc3)c2)[C@H](OC(C)=O)[C@@H](OC(C)=O)[C@@H]1OC(C)=O. The van der Waals surface area contributed by atoms with E-state index >= 15 is 0 Å². The van der Waals surface area contributed by atoms with Crippen molar-refractivity contribution < 1.29 is 57.4 Å². The second-order valence-corrected chi connectivity index (χ2v) is 11.0. The minimum Gasteiger partial charge on any atom is -0.488 e. The van der Waals surface area contributed by atoms with Crippen LogP contribution in [-0.2, 0) is 59.8 Å². The summed E-state index contributed by atoms with van der Waals surface area (Å²) in [5.74, 6) is -4.87. The molecule has 2 heterocycles. The average molecular weight is 635 g/mol. The molecule has 2 aliphatic rings. The number of benzene rings is 2. The lowest BCUT2D eigenvalue weighted by Crippen LogP contribution is -2.66. The van der Waals surface area contributed by atoms with Gasteiger partial charge in [-0.05, 0) is 41.8 Å². The molecular formula is C31H35ClO12. The Labute approximate surface area is 259 Å². The van der Waals surface area contributed by atoms with Crippen molar-refractivity contribution >= 4 is 35.5 Å². The van der Waals surface area contributed by atoms with E-state index in [-0.39, 0.29) is 11.7 Å². The van der Waals surface area contributed by atoms with E-state index in [4.69, 9.17) is 44.8 Å². The Morgan fingerprint density at radius 1 is 0.909 bits per heavy atom. The van der Waals surface area contributed by atoms with Gasteiger partial charge in [0.25, 0.3) is 0 Å². The van der Waals surface area contributed by atoms with E-state index in [1.54, 1.807) is 6.07 Å². The first-order valence-electron chi connectivity index (χ1n) is 14.0. The maximum absolute atomic E-state index is 12.2. The van der Waals surface area contributed by atoms with E-state index in [1.165, 1.54) is 12.1 Å². The van der Waals surface area contributed by atoms with E-state index in [0.29, 0.717) is 36.0 Å². The summed E-state index contributed by atoms with van der Waals surface area (Å²) in [6.07, 6.45) is -4.82. The van der Waals surface area contributed by atoms with Crippen LogP contribution >= 0.6 is 11.6 Å². The lowest BCUT2D eigenvalue weighted by molar-refractivity contribution is -0.360. The van der Waals surface area contributed by atoms with Gasteiger partial charge in [0.2, 0.25) is 11.9 Å². The fourth-order valence-electron chi connectivity index (χ4n) is 5.15. The minimum absolute atomic E-state index is 0.00862. The zero-order chi connectivity index (χ0) is 32.0. The molecule has 13 heteroatoms. The molecule has 0 saturated carbocycles. The van der Waals surface area contributed by atoms with Crippen LogP contribution < -0.4 is 4.74 Å². The lowest BCUT2D eigenvalue weighted by Gasteiger charge is -2.48. The van der Waals surface area contributed by atoms with Gasteiger partial charge >= 0.3 is 23.9 Å². The number of esters is 4. The Bertz CT molecular complexity index is 1360. The molecule has 2 aromatic carbocycles. The van der Waals surface area contributed by atoms with Gasteiger partial charge in [-0.2, -0.15) is 0 Å². The molecule has 44 heavy (non-hydrogen) atoms. The predicted molar refractivity (Wildman–Crippen MR) is 153 cm³/mol. The zero-order valence-electron chi connectivity index (χ0n) is 24.8.